The molecule has 0 aromatic carbocycles. The fourth-order valence-corrected chi connectivity index (χ4v) is 1.17. The number of rotatable bonds is 5. The molecule has 0 spiro atoms. The molecule has 0 aliphatic heterocycles. The van der Waals surface area contributed by atoms with Gasteiger partial charge in [-0.1, -0.05) is 13.0 Å². The van der Waals surface area contributed by atoms with Gasteiger partial charge in [0.1, 0.15) is 5.82 Å². The zero-order chi connectivity index (χ0) is 10.4. The third-order valence-electron chi connectivity index (χ3n) is 2.23. The molecule has 3 nitrogen and oxygen atoms in total. The molecule has 14 heavy (non-hydrogen) atoms. The average Bonchev–Trinajstić information content (AvgIpc) is 2.17. The molecule has 0 aliphatic rings. The van der Waals surface area contributed by atoms with E-state index in [-0.39, 0.29) is 0 Å². The molecule has 0 bridgehead atoms. The SMILES string of the molecule is CCN(C)CCNc1cccc(C)n1. The monoisotopic (exact) mass is 193 g/mol. The van der Waals surface area contributed by atoms with Gasteiger partial charge in [-0.15, -0.1) is 0 Å². The minimum atomic E-state index is 0.945. The van der Waals surface area contributed by atoms with Crippen LogP contribution in [0.25, 0.3) is 0 Å². The molecule has 0 amide bonds. The molecule has 0 radical (unpaired) electrons. The standard InChI is InChI=1S/C11H19N3/c1-4-14(3)9-8-12-11-7-5-6-10(2)13-11/h5-7H,4,8-9H2,1-3H3,(H,12,13). The van der Waals surface area contributed by atoms with Crippen molar-refractivity contribution < 1.29 is 0 Å². The highest BCUT2D eigenvalue weighted by atomic mass is 15.1. The first-order valence-corrected chi connectivity index (χ1v) is 5.08. The zero-order valence-corrected chi connectivity index (χ0v) is 9.25. The number of pyridine rings is 1. The van der Waals surface area contributed by atoms with Crippen molar-refractivity contribution in [2.75, 3.05) is 32.0 Å². The van der Waals surface area contributed by atoms with Gasteiger partial charge in [-0.3, -0.25) is 0 Å². The summed E-state index contributed by atoms with van der Waals surface area (Å²) in [6.07, 6.45) is 0. The first kappa shape index (κ1) is 11.0. The summed E-state index contributed by atoms with van der Waals surface area (Å²) < 4.78 is 0. The van der Waals surface area contributed by atoms with Crippen molar-refractivity contribution in [3.63, 3.8) is 0 Å². The van der Waals surface area contributed by atoms with Gasteiger partial charge in [0.05, 0.1) is 0 Å². The van der Waals surface area contributed by atoms with Crippen LogP contribution in [-0.4, -0.2) is 36.6 Å². The van der Waals surface area contributed by atoms with Gasteiger partial charge in [-0.05, 0) is 32.6 Å². The topological polar surface area (TPSA) is 28.2 Å². The Balaban J connectivity index is 2.31. The lowest BCUT2D eigenvalue weighted by Crippen LogP contribution is -2.24. The van der Waals surface area contributed by atoms with Crippen LogP contribution in [0.15, 0.2) is 18.2 Å². The average molecular weight is 193 g/mol. The van der Waals surface area contributed by atoms with E-state index in [0.717, 1.165) is 31.1 Å². The smallest absolute Gasteiger partial charge is 0.126 e. The van der Waals surface area contributed by atoms with E-state index < -0.39 is 0 Å². The lowest BCUT2D eigenvalue weighted by atomic mass is 10.4. The molecule has 1 rings (SSSR count). The number of aryl methyl sites for hydroxylation is 1. The Labute approximate surface area is 86.2 Å². The minimum absolute atomic E-state index is 0.945. The quantitative estimate of drug-likeness (QED) is 0.772. The van der Waals surface area contributed by atoms with E-state index in [9.17, 15) is 0 Å². The lowest BCUT2D eigenvalue weighted by Gasteiger charge is -2.14. The number of anilines is 1. The third kappa shape index (κ3) is 3.75. The highest BCUT2D eigenvalue weighted by Gasteiger charge is 1.95. The van der Waals surface area contributed by atoms with E-state index in [1.807, 2.05) is 25.1 Å². The van der Waals surface area contributed by atoms with Gasteiger partial charge in [0.2, 0.25) is 0 Å². The molecule has 0 unspecified atom stereocenters. The molecule has 78 valence electrons. The van der Waals surface area contributed by atoms with Crippen LogP contribution in [0.2, 0.25) is 0 Å². The van der Waals surface area contributed by atoms with Crippen molar-refractivity contribution in [2.45, 2.75) is 13.8 Å². The number of nitrogens with zero attached hydrogens (tertiary/aromatic N) is 2. The van der Waals surface area contributed by atoms with Crippen molar-refractivity contribution in [3.8, 4) is 0 Å². The van der Waals surface area contributed by atoms with Crippen LogP contribution >= 0.6 is 0 Å². The van der Waals surface area contributed by atoms with Crippen LogP contribution in [0, 0.1) is 6.92 Å². The number of likely N-dealkylation sites (N-methyl/N-ethyl adjacent to an activating group) is 1. The summed E-state index contributed by atoms with van der Waals surface area (Å²) in [6, 6.07) is 6.02. The Hall–Kier alpha value is -1.09. The van der Waals surface area contributed by atoms with Crippen LogP contribution in [0.1, 0.15) is 12.6 Å². The molecule has 0 aliphatic carbocycles. The summed E-state index contributed by atoms with van der Waals surface area (Å²) >= 11 is 0. The predicted molar refractivity (Wildman–Crippen MR) is 60.6 cm³/mol. The van der Waals surface area contributed by atoms with Crippen molar-refractivity contribution in [1.82, 2.24) is 9.88 Å². The molecule has 1 heterocycles. The molecule has 0 atom stereocenters. The van der Waals surface area contributed by atoms with Crippen molar-refractivity contribution in [2.24, 2.45) is 0 Å². The summed E-state index contributed by atoms with van der Waals surface area (Å²) in [6.45, 7) is 7.24. The van der Waals surface area contributed by atoms with Crippen LogP contribution in [0.5, 0.6) is 0 Å². The van der Waals surface area contributed by atoms with E-state index >= 15 is 0 Å². The Kier molecular flexibility index (Phi) is 4.40. The van der Waals surface area contributed by atoms with Crippen molar-refractivity contribution in [3.05, 3.63) is 23.9 Å². The first-order chi connectivity index (χ1) is 6.72. The zero-order valence-electron chi connectivity index (χ0n) is 9.25. The van der Waals surface area contributed by atoms with E-state index in [4.69, 9.17) is 0 Å². The van der Waals surface area contributed by atoms with E-state index in [1.54, 1.807) is 0 Å². The largest absolute Gasteiger partial charge is 0.369 e. The summed E-state index contributed by atoms with van der Waals surface area (Å²) in [5, 5.41) is 3.30. The van der Waals surface area contributed by atoms with Crippen LogP contribution < -0.4 is 5.32 Å². The maximum Gasteiger partial charge on any atom is 0.126 e. The van der Waals surface area contributed by atoms with Gasteiger partial charge < -0.3 is 10.2 Å². The maximum absolute atomic E-state index is 4.37. The molecule has 0 fully saturated rings. The van der Waals surface area contributed by atoms with E-state index in [0.29, 0.717) is 0 Å². The molecule has 1 N–H and O–H groups in total. The van der Waals surface area contributed by atoms with Crippen molar-refractivity contribution >= 4 is 5.82 Å². The van der Waals surface area contributed by atoms with Gasteiger partial charge in [0.15, 0.2) is 0 Å². The molecule has 0 saturated heterocycles. The Morgan fingerprint density at radius 3 is 2.86 bits per heavy atom. The Morgan fingerprint density at radius 1 is 1.43 bits per heavy atom. The van der Waals surface area contributed by atoms with Gasteiger partial charge in [0, 0.05) is 18.8 Å². The normalized spacial score (nSPS) is 10.6. The summed E-state index contributed by atoms with van der Waals surface area (Å²) in [5.74, 6) is 0.967. The Morgan fingerprint density at radius 2 is 2.21 bits per heavy atom. The molecular weight excluding hydrogens is 174 g/mol. The fraction of sp³-hybridized carbons (Fsp3) is 0.545. The molecule has 1 aromatic heterocycles. The van der Waals surface area contributed by atoms with Crippen LogP contribution in [-0.2, 0) is 0 Å². The van der Waals surface area contributed by atoms with Gasteiger partial charge in [-0.2, -0.15) is 0 Å². The highest BCUT2D eigenvalue weighted by molar-refractivity contribution is 5.34. The maximum atomic E-state index is 4.37. The predicted octanol–water partition coefficient (Wildman–Crippen LogP) is 1.75. The summed E-state index contributed by atoms with van der Waals surface area (Å²) in [7, 11) is 2.12. The molecule has 1 aromatic rings. The fourth-order valence-electron chi connectivity index (χ4n) is 1.17. The molecule has 0 saturated carbocycles. The molecular formula is C11H19N3. The van der Waals surface area contributed by atoms with Crippen LogP contribution in [0.4, 0.5) is 5.82 Å². The minimum Gasteiger partial charge on any atom is -0.369 e. The first-order valence-electron chi connectivity index (χ1n) is 5.08. The van der Waals surface area contributed by atoms with Crippen molar-refractivity contribution in [1.29, 1.82) is 0 Å². The summed E-state index contributed by atoms with van der Waals surface area (Å²) in [4.78, 5) is 6.63. The number of hydrogen-bond acceptors (Lipinski definition) is 3. The number of aromatic nitrogens is 1. The van der Waals surface area contributed by atoms with Gasteiger partial charge in [-0.25, -0.2) is 4.98 Å². The third-order valence-corrected chi connectivity index (χ3v) is 2.23. The molecule has 3 heteroatoms. The number of nitrogens with one attached hydrogen (secondary N) is 1. The summed E-state index contributed by atoms with van der Waals surface area (Å²) in [5.41, 5.74) is 1.05. The second-order valence-electron chi connectivity index (χ2n) is 3.49. The van der Waals surface area contributed by atoms with Gasteiger partial charge >= 0.3 is 0 Å². The van der Waals surface area contributed by atoms with Crippen LogP contribution in [0.3, 0.4) is 0 Å². The highest BCUT2D eigenvalue weighted by Crippen LogP contribution is 2.02. The van der Waals surface area contributed by atoms with Gasteiger partial charge in [0.25, 0.3) is 0 Å². The second-order valence-corrected chi connectivity index (χ2v) is 3.49. The Bertz CT molecular complexity index is 273. The number of hydrogen-bond donors (Lipinski definition) is 1. The lowest BCUT2D eigenvalue weighted by molar-refractivity contribution is 0.367. The van der Waals surface area contributed by atoms with E-state index in [1.165, 1.54) is 0 Å². The van der Waals surface area contributed by atoms with E-state index in [2.05, 4.69) is 29.2 Å². The second kappa shape index (κ2) is 5.60.